The van der Waals surface area contributed by atoms with E-state index in [-0.39, 0.29) is 17.9 Å². The van der Waals surface area contributed by atoms with Gasteiger partial charge in [-0.25, -0.2) is 0 Å². The fourth-order valence-corrected chi connectivity index (χ4v) is 4.04. The van der Waals surface area contributed by atoms with Gasteiger partial charge in [-0.3, -0.25) is 9.59 Å². The van der Waals surface area contributed by atoms with Crippen LogP contribution in [0.5, 0.6) is 5.75 Å². The van der Waals surface area contributed by atoms with Gasteiger partial charge in [0.15, 0.2) is 0 Å². The van der Waals surface area contributed by atoms with Gasteiger partial charge in [-0.15, -0.1) is 6.58 Å². The zero-order valence-electron chi connectivity index (χ0n) is 16.0. The minimum absolute atomic E-state index is 0.189. The second kappa shape index (κ2) is 7.89. The first kappa shape index (κ1) is 19.5. The predicted octanol–water partition coefficient (Wildman–Crippen LogP) is 3.75. The Hall–Kier alpha value is -2.83. The van der Waals surface area contributed by atoms with E-state index >= 15 is 0 Å². The summed E-state index contributed by atoms with van der Waals surface area (Å²) in [6, 6.07) is 10.1. The normalized spacial score (nSPS) is 20.6. The molecule has 0 bridgehead atoms. The molecule has 6 nitrogen and oxygen atoms in total. The lowest BCUT2D eigenvalue weighted by Crippen LogP contribution is -2.40. The average Bonchev–Trinajstić information content (AvgIpc) is 3.13. The molecule has 2 unspecified atom stereocenters. The first-order chi connectivity index (χ1) is 14.0. The molecule has 29 heavy (non-hydrogen) atoms. The fourth-order valence-electron chi connectivity index (χ4n) is 3.87. The van der Waals surface area contributed by atoms with Crippen molar-refractivity contribution in [2.24, 2.45) is 0 Å². The lowest BCUT2D eigenvalue weighted by Gasteiger charge is -2.20. The van der Waals surface area contributed by atoms with Gasteiger partial charge in [-0.2, -0.15) is 0 Å². The van der Waals surface area contributed by atoms with Crippen LogP contribution in [0.2, 0.25) is 5.02 Å². The van der Waals surface area contributed by atoms with Gasteiger partial charge in [0.2, 0.25) is 5.91 Å². The highest BCUT2D eigenvalue weighted by Crippen LogP contribution is 2.36. The van der Waals surface area contributed by atoms with Gasteiger partial charge in [-0.05, 0) is 35.9 Å². The lowest BCUT2D eigenvalue weighted by atomic mass is 10.0. The van der Waals surface area contributed by atoms with E-state index in [0.29, 0.717) is 41.6 Å². The zero-order chi connectivity index (χ0) is 20.5. The summed E-state index contributed by atoms with van der Waals surface area (Å²) in [5.74, 6) is 0.252. The number of rotatable bonds is 5. The van der Waals surface area contributed by atoms with Gasteiger partial charge in [0, 0.05) is 23.6 Å². The maximum absolute atomic E-state index is 13.3. The van der Waals surface area contributed by atoms with Crippen molar-refractivity contribution in [2.45, 2.75) is 18.6 Å². The molecule has 2 heterocycles. The highest BCUT2D eigenvalue weighted by Gasteiger charge is 2.43. The van der Waals surface area contributed by atoms with Gasteiger partial charge >= 0.3 is 0 Å². The second-order valence-electron chi connectivity index (χ2n) is 7.05. The number of amides is 2. The number of anilines is 1. The van der Waals surface area contributed by atoms with Crippen molar-refractivity contribution in [2.75, 3.05) is 25.6 Å². The molecule has 2 aromatic carbocycles. The van der Waals surface area contributed by atoms with E-state index in [1.54, 1.807) is 48.4 Å². The van der Waals surface area contributed by atoms with Crippen LogP contribution in [0.15, 0.2) is 49.1 Å². The van der Waals surface area contributed by atoms with Crippen molar-refractivity contribution in [3.8, 4) is 16.9 Å². The van der Waals surface area contributed by atoms with Gasteiger partial charge in [0.25, 0.3) is 5.91 Å². The van der Waals surface area contributed by atoms with Gasteiger partial charge in [0.05, 0.1) is 31.1 Å². The molecule has 7 heteroatoms. The molecular formula is C22H21ClN2O4. The number of fused-ring (bicyclic) bond motifs is 2. The van der Waals surface area contributed by atoms with Crippen LogP contribution in [-0.4, -0.2) is 49.1 Å². The highest BCUT2D eigenvalue weighted by molar-refractivity contribution is 6.31. The quantitative estimate of drug-likeness (QED) is 0.759. The minimum Gasteiger partial charge on any atom is -0.496 e. The smallest absolute Gasteiger partial charge is 0.256 e. The summed E-state index contributed by atoms with van der Waals surface area (Å²) in [5.41, 5.74) is 2.49. The number of hydrogen-bond acceptors (Lipinski definition) is 4. The summed E-state index contributed by atoms with van der Waals surface area (Å²) >= 11 is 6.16. The molecule has 1 N–H and O–H groups in total. The molecule has 2 aliphatic rings. The maximum atomic E-state index is 13.3. The van der Waals surface area contributed by atoms with Crippen LogP contribution >= 0.6 is 11.6 Å². The van der Waals surface area contributed by atoms with Crippen LogP contribution in [0.3, 0.4) is 0 Å². The van der Waals surface area contributed by atoms with E-state index in [4.69, 9.17) is 21.1 Å². The molecule has 2 aliphatic heterocycles. The zero-order valence-corrected chi connectivity index (χ0v) is 16.7. The molecule has 2 aromatic rings. The first-order valence-corrected chi connectivity index (χ1v) is 9.72. The van der Waals surface area contributed by atoms with Crippen molar-refractivity contribution in [3.63, 3.8) is 0 Å². The number of ether oxygens (including phenoxy) is 2. The van der Waals surface area contributed by atoms with Gasteiger partial charge in [0.1, 0.15) is 11.8 Å². The second-order valence-corrected chi connectivity index (χ2v) is 7.48. The summed E-state index contributed by atoms with van der Waals surface area (Å²) in [6.45, 7) is 4.40. The maximum Gasteiger partial charge on any atom is 0.256 e. The summed E-state index contributed by atoms with van der Waals surface area (Å²) < 4.78 is 11.1. The van der Waals surface area contributed by atoms with Crippen molar-refractivity contribution in [1.82, 2.24) is 4.90 Å². The molecule has 4 rings (SSSR count). The Morgan fingerprint density at radius 1 is 1.24 bits per heavy atom. The molecule has 150 valence electrons. The molecule has 2 amide bonds. The van der Waals surface area contributed by atoms with E-state index in [1.807, 2.05) is 6.07 Å². The lowest BCUT2D eigenvalue weighted by molar-refractivity contribution is -0.119. The fraction of sp³-hybridized carbons (Fsp3) is 0.273. The van der Waals surface area contributed by atoms with E-state index in [9.17, 15) is 9.59 Å². The standard InChI is InChI=1S/C22H21ClN2O4/c1-3-8-29-15-11-19-21(26)24-18-6-4-13(9-17(18)22(27)25(19)12-15)16-10-14(23)5-7-20(16)28-2/h3-7,9-10,15,19H,1,8,11-12H2,2H3,(H,24,26). The van der Waals surface area contributed by atoms with Crippen LogP contribution < -0.4 is 10.1 Å². The number of nitrogens with one attached hydrogen (secondary N) is 1. The van der Waals surface area contributed by atoms with Crippen molar-refractivity contribution < 1.29 is 19.1 Å². The molecule has 0 spiro atoms. The molecule has 1 fully saturated rings. The monoisotopic (exact) mass is 412 g/mol. The Morgan fingerprint density at radius 2 is 2.07 bits per heavy atom. The molecule has 0 aromatic heterocycles. The number of carbonyl (C=O) groups is 2. The van der Waals surface area contributed by atoms with Crippen LogP contribution in [0.4, 0.5) is 5.69 Å². The SMILES string of the molecule is C=CCOC1CC2C(=O)Nc3ccc(-c4cc(Cl)ccc4OC)cc3C(=O)N2C1. The number of methoxy groups -OCH3 is 1. The molecule has 0 saturated carbocycles. The number of benzene rings is 2. The van der Waals surface area contributed by atoms with Crippen molar-refractivity contribution in [3.05, 3.63) is 59.6 Å². The van der Waals surface area contributed by atoms with Gasteiger partial charge < -0.3 is 19.7 Å². The average molecular weight is 413 g/mol. The third-order valence-electron chi connectivity index (χ3n) is 5.26. The Morgan fingerprint density at radius 3 is 2.83 bits per heavy atom. The summed E-state index contributed by atoms with van der Waals surface area (Å²) in [5, 5.41) is 3.45. The molecular weight excluding hydrogens is 392 g/mol. The van der Waals surface area contributed by atoms with E-state index < -0.39 is 6.04 Å². The molecule has 2 atom stereocenters. The van der Waals surface area contributed by atoms with E-state index in [1.165, 1.54) is 0 Å². The van der Waals surface area contributed by atoms with Crippen molar-refractivity contribution in [1.29, 1.82) is 0 Å². The minimum atomic E-state index is -0.547. The van der Waals surface area contributed by atoms with Crippen molar-refractivity contribution >= 4 is 29.1 Å². The summed E-state index contributed by atoms with van der Waals surface area (Å²) in [7, 11) is 1.58. The molecule has 0 radical (unpaired) electrons. The number of nitrogens with zero attached hydrogens (tertiary/aromatic N) is 1. The molecule has 1 saturated heterocycles. The summed E-state index contributed by atoms with van der Waals surface area (Å²) in [6.07, 6.45) is 1.94. The number of halogens is 1. The van der Waals surface area contributed by atoms with E-state index in [2.05, 4.69) is 11.9 Å². The first-order valence-electron chi connectivity index (χ1n) is 9.34. The third-order valence-corrected chi connectivity index (χ3v) is 5.49. The van der Waals surface area contributed by atoms with Crippen LogP contribution in [0.1, 0.15) is 16.8 Å². The largest absolute Gasteiger partial charge is 0.496 e. The van der Waals surface area contributed by atoms with Crippen LogP contribution in [0, 0.1) is 0 Å². The number of hydrogen-bond donors (Lipinski definition) is 1. The Bertz CT molecular complexity index is 991. The summed E-state index contributed by atoms with van der Waals surface area (Å²) in [4.78, 5) is 27.6. The van der Waals surface area contributed by atoms with Crippen LogP contribution in [0.25, 0.3) is 11.1 Å². The van der Waals surface area contributed by atoms with Gasteiger partial charge in [-0.1, -0.05) is 23.7 Å². The Balaban J connectivity index is 1.72. The van der Waals surface area contributed by atoms with E-state index in [0.717, 1.165) is 11.1 Å². The molecule has 0 aliphatic carbocycles. The third kappa shape index (κ3) is 3.61. The topological polar surface area (TPSA) is 67.9 Å². The predicted molar refractivity (Wildman–Crippen MR) is 111 cm³/mol. The van der Waals surface area contributed by atoms with Crippen LogP contribution in [-0.2, 0) is 9.53 Å². The Labute approximate surface area is 174 Å². The Kier molecular flexibility index (Phi) is 5.30. The highest BCUT2D eigenvalue weighted by atomic mass is 35.5. The number of carbonyl (C=O) groups excluding carboxylic acids is 2.